The Labute approximate surface area is 416 Å². The molecule has 15 atom stereocenters. The van der Waals surface area contributed by atoms with Gasteiger partial charge in [-0.05, 0) is 19.3 Å². The molecule has 3 saturated heterocycles. The minimum atomic E-state index is -1.23. The summed E-state index contributed by atoms with van der Waals surface area (Å²) in [6.45, 7) is 9.08. The molecule has 15 unspecified atom stereocenters. The van der Waals surface area contributed by atoms with E-state index in [2.05, 4.69) is 21.3 Å². The maximum atomic E-state index is 12.7. The van der Waals surface area contributed by atoms with E-state index in [1.807, 2.05) is 13.8 Å². The lowest BCUT2D eigenvalue weighted by molar-refractivity contribution is -0.282. The van der Waals surface area contributed by atoms with E-state index >= 15 is 0 Å². The number of aliphatic hydroxyl groups excluding tert-OH is 9. The van der Waals surface area contributed by atoms with Crippen LogP contribution in [0.2, 0.25) is 0 Å². The molecular formula is C46H86N4O21. The van der Waals surface area contributed by atoms with Gasteiger partial charge < -0.3 is 110 Å². The van der Waals surface area contributed by atoms with Crippen LogP contribution in [-0.2, 0) is 57.0 Å². The molecule has 0 aliphatic carbocycles. The molecule has 0 aromatic carbocycles. The van der Waals surface area contributed by atoms with Crippen molar-refractivity contribution >= 4 is 17.7 Å². The number of carbonyl (C=O) groups excluding carboxylic acids is 3. The summed E-state index contributed by atoms with van der Waals surface area (Å²) in [5, 5.41) is 101. The van der Waals surface area contributed by atoms with Crippen molar-refractivity contribution in [3.05, 3.63) is 0 Å². The molecule has 25 nitrogen and oxygen atoms in total. The predicted octanol–water partition coefficient (Wildman–Crippen LogP) is -4.26. The molecule has 0 saturated carbocycles. The molecule has 13 N–H and O–H groups in total. The molecular weight excluding hydrogens is 945 g/mol. The van der Waals surface area contributed by atoms with Gasteiger partial charge in [-0.15, -0.1) is 0 Å². The Morgan fingerprint density at radius 2 is 0.761 bits per heavy atom. The molecule has 71 heavy (non-hydrogen) atoms. The Hall–Kier alpha value is -2.35. The maximum Gasteiger partial charge on any atom is 0.222 e. The van der Waals surface area contributed by atoms with Crippen LogP contribution in [-0.4, -0.2) is 248 Å². The summed E-state index contributed by atoms with van der Waals surface area (Å²) >= 11 is 0. The number of rotatable bonds is 35. The molecule has 0 aromatic heterocycles. The van der Waals surface area contributed by atoms with Gasteiger partial charge in [0.05, 0.1) is 103 Å². The van der Waals surface area contributed by atoms with E-state index in [1.165, 1.54) is 0 Å². The van der Waals surface area contributed by atoms with E-state index in [0.29, 0.717) is 19.3 Å². The van der Waals surface area contributed by atoms with Crippen molar-refractivity contribution in [2.45, 2.75) is 159 Å². The monoisotopic (exact) mass is 1030 g/mol. The van der Waals surface area contributed by atoms with E-state index in [-0.39, 0.29) is 122 Å². The minimum absolute atomic E-state index is 0.0315. The first kappa shape index (κ1) is 62.9. The highest BCUT2D eigenvalue weighted by molar-refractivity contribution is 5.76. The number of hydrogen-bond donors (Lipinski definition) is 13. The number of amides is 3. The van der Waals surface area contributed by atoms with Crippen molar-refractivity contribution in [2.24, 2.45) is 17.8 Å². The second kappa shape index (κ2) is 33.5. The molecule has 25 heteroatoms. The van der Waals surface area contributed by atoms with E-state index < -0.39 is 117 Å². The van der Waals surface area contributed by atoms with E-state index in [1.54, 1.807) is 20.8 Å². The highest BCUT2D eigenvalue weighted by Crippen LogP contribution is 2.29. The summed E-state index contributed by atoms with van der Waals surface area (Å²) in [7, 11) is 0. The smallest absolute Gasteiger partial charge is 0.222 e. The van der Waals surface area contributed by atoms with Crippen molar-refractivity contribution in [2.75, 3.05) is 98.9 Å². The molecule has 0 bridgehead atoms. The van der Waals surface area contributed by atoms with Gasteiger partial charge in [-0.25, -0.2) is 0 Å². The lowest BCUT2D eigenvalue weighted by Gasteiger charge is -2.40. The summed E-state index contributed by atoms with van der Waals surface area (Å²) < 4.78 is 51.9. The number of carbonyl (C=O) groups is 3. The second-order valence-electron chi connectivity index (χ2n) is 18.9. The Morgan fingerprint density at radius 3 is 1.01 bits per heavy atom. The quantitative estimate of drug-likeness (QED) is 0.0267. The zero-order valence-corrected chi connectivity index (χ0v) is 42.0. The Morgan fingerprint density at radius 1 is 0.479 bits per heavy atom. The third kappa shape index (κ3) is 21.4. The third-order valence-electron chi connectivity index (χ3n) is 12.5. The molecule has 0 spiro atoms. The fourth-order valence-electron chi connectivity index (χ4n) is 8.16. The zero-order chi connectivity index (χ0) is 52.5. The first-order valence-corrected chi connectivity index (χ1v) is 24.9. The lowest BCUT2D eigenvalue weighted by atomic mass is 9.92. The van der Waals surface area contributed by atoms with Gasteiger partial charge in [-0.1, -0.05) is 34.6 Å². The number of ether oxygens (including phenoxy) is 9. The van der Waals surface area contributed by atoms with Crippen LogP contribution >= 0.6 is 0 Å². The Bertz CT molecular complexity index is 1330. The van der Waals surface area contributed by atoms with Gasteiger partial charge >= 0.3 is 0 Å². The van der Waals surface area contributed by atoms with Gasteiger partial charge in [0.2, 0.25) is 17.7 Å². The van der Waals surface area contributed by atoms with E-state index in [4.69, 9.17) is 42.6 Å². The molecule has 3 aliphatic rings. The van der Waals surface area contributed by atoms with Gasteiger partial charge in [0.1, 0.15) is 36.6 Å². The van der Waals surface area contributed by atoms with Crippen LogP contribution in [0, 0.1) is 17.8 Å². The fourth-order valence-corrected chi connectivity index (χ4v) is 8.16. The van der Waals surface area contributed by atoms with Gasteiger partial charge in [0.15, 0.2) is 18.9 Å². The molecule has 0 aromatic rings. The average Bonchev–Trinajstić information content (AvgIpc) is 3.34. The number of hydrogen-bond acceptors (Lipinski definition) is 22. The Balaban J connectivity index is 1.44. The largest absolute Gasteiger partial charge is 0.394 e. The molecule has 0 radical (unpaired) electrons. The van der Waals surface area contributed by atoms with Crippen molar-refractivity contribution < 1.29 is 103 Å². The van der Waals surface area contributed by atoms with Crippen LogP contribution in [0.15, 0.2) is 0 Å². The van der Waals surface area contributed by atoms with Crippen LogP contribution in [0.5, 0.6) is 0 Å². The van der Waals surface area contributed by atoms with Crippen LogP contribution in [0.3, 0.4) is 0 Å². The topological polar surface area (TPSA) is 364 Å². The minimum Gasteiger partial charge on any atom is -0.394 e. The van der Waals surface area contributed by atoms with E-state index in [0.717, 1.165) is 0 Å². The third-order valence-corrected chi connectivity index (χ3v) is 12.5. The molecule has 3 fully saturated rings. The average molecular weight is 1030 g/mol. The highest BCUT2D eigenvalue weighted by atomic mass is 16.7. The van der Waals surface area contributed by atoms with Gasteiger partial charge in [0.25, 0.3) is 0 Å². The molecule has 416 valence electrons. The summed E-state index contributed by atoms with van der Waals surface area (Å²) in [6, 6.07) is -0.0908. The summed E-state index contributed by atoms with van der Waals surface area (Å²) in [5.74, 6) is -2.42. The second-order valence-corrected chi connectivity index (χ2v) is 18.9. The summed E-state index contributed by atoms with van der Waals surface area (Å²) in [6.07, 6.45) is -11.1. The SMILES string of the molecule is CC(C)NC(COCCC(=O)NCCCOC1OC(CO)C(O)C(O)C1C)(COCCC(=O)NCCCOC1OC(CO)C(O)C(O)C1C)COCCC(=O)NCCCOC1OC(CO)C(O)C(O)C1C. The summed E-state index contributed by atoms with van der Waals surface area (Å²) in [5.41, 5.74) is -0.964. The fraction of sp³-hybridized carbons (Fsp3) is 0.935. The van der Waals surface area contributed by atoms with Gasteiger partial charge in [0, 0.05) is 62.7 Å². The number of aliphatic hydroxyl groups is 9. The van der Waals surface area contributed by atoms with Crippen molar-refractivity contribution in [3.63, 3.8) is 0 Å². The number of nitrogens with one attached hydrogen (secondary N) is 4. The molecule has 3 amide bonds. The molecule has 3 aliphatic heterocycles. The van der Waals surface area contributed by atoms with Crippen molar-refractivity contribution in [3.8, 4) is 0 Å². The lowest BCUT2D eigenvalue weighted by Crippen LogP contribution is -2.59. The van der Waals surface area contributed by atoms with Crippen LogP contribution < -0.4 is 21.3 Å². The maximum absolute atomic E-state index is 12.7. The first-order chi connectivity index (χ1) is 33.9. The standard InChI is InChI=1S/C46H86N4O21/c1-27(2)50-46(24-63-18-9-34(54)47-12-6-15-66-43-28(3)37(57)40(60)31(21-51)69-43,25-64-19-10-35(55)48-13-7-16-67-44-29(4)38(58)41(61)32(22-52)70-44)26-65-20-11-36(56)49-14-8-17-68-45-30(5)39(59)42(62)33(23-53)71-45/h27-33,37-45,50-53,57-62H,6-26H2,1-5H3,(H,47,54)(H,48,55)(H,49,56). The van der Waals surface area contributed by atoms with Crippen molar-refractivity contribution in [1.82, 2.24) is 21.3 Å². The first-order valence-electron chi connectivity index (χ1n) is 24.9. The zero-order valence-electron chi connectivity index (χ0n) is 42.0. The highest BCUT2D eigenvalue weighted by Gasteiger charge is 2.44. The normalized spacial score (nSPS) is 32.1. The van der Waals surface area contributed by atoms with Crippen LogP contribution in [0.25, 0.3) is 0 Å². The van der Waals surface area contributed by atoms with Crippen LogP contribution in [0.4, 0.5) is 0 Å². The van der Waals surface area contributed by atoms with Gasteiger partial charge in [-0.3, -0.25) is 14.4 Å². The van der Waals surface area contributed by atoms with Crippen molar-refractivity contribution in [1.29, 1.82) is 0 Å². The Kier molecular flexibility index (Phi) is 29.7. The molecule has 3 rings (SSSR count). The van der Waals surface area contributed by atoms with Gasteiger partial charge in [-0.2, -0.15) is 0 Å². The predicted molar refractivity (Wildman–Crippen MR) is 249 cm³/mol. The van der Waals surface area contributed by atoms with Crippen LogP contribution in [0.1, 0.15) is 73.1 Å². The van der Waals surface area contributed by atoms with E-state index in [9.17, 15) is 60.3 Å². The summed E-state index contributed by atoms with van der Waals surface area (Å²) in [4.78, 5) is 38.1. The molecule has 3 heterocycles.